The molecule has 1 N–H and O–H groups in total. The van der Waals surface area contributed by atoms with Gasteiger partial charge in [0.1, 0.15) is 12.4 Å². The van der Waals surface area contributed by atoms with Gasteiger partial charge in [0, 0.05) is 16.8 Å². The molecular weight excluding hydrogens is 512 g/mol. The summed E-state index contributed by atoms with van der Waals surface area (Å²) in [5.41, 5.74) is 2.00. The molecule has 1 aromatic heterocycles. The van der Waals surface area contributed by atoms with Crippen LogP contribution in [0.1, 0.15) is 66.8 Å². The van der Waals surface area contributed by atoms with Crippen molar-refractivity contribution < 1.29 is 19.1 Å². The van der Waals surface area contributed by atoms with Crippen LogP contribution < -0.4 is 10.1 Å². The van der Waals surface area contributed by atoms with E-state index >= 15 is 0 Å². The first-order chi connectivity index (χ1) is 17.9. The van der Waals surface area contributed by atoms with Gasteiger partial charge in [-0.2, -0.15) is 0 Å². The fourth-order valence-electron chi connectivity index (χ4n) is 4.30. The second-order valence-electron chi connectivity index (χ2n) is 8.89. The van der Waals surface area contributed by atoms with Crippen LogP contribution >= 0.6 is 23.4 Å². The average Bonchev–Trinajstić information content (AvgIpc) is 3.32. The molecule has 0 unspecified atom stereocenters. The van der Waals surface area contributed by atoms with E-state index in [0.29, 0.717) is 28.0 Å². The number of amides is 1. The van der Waals surface area contributed by atoms with E-state index in [1.165, 1.54) is 18.2 Å². The van der Waals surface area contributed by atoms with Gasteiger partial charge in [0.2, 0.25) is 5.91 Å². The normalized spacial score (nSPS) is 13.8. The number of aromatic nitrogens is 3. The molecule has 1 aliphatic rings. The number of carbonyl (C=O) groups excluding carboxylic acids is 2. The van der Waals surface area contributed by atoms with E-state index < -0.39 is 0 Å². The Labute approximate surface area is 226 Å². The zero-order valence-corrected chi connectivity index (χ0v) is 22.6. The predicted molar refractivity (Wildman–Crippen MR) is 144 cm³/mol. The van der Waals surface area contributed by atoms with Crippen LogP contribution in [0.15, 0.2) is 47.6 Å². The van der Waals surface area contributed by atoms with Crippen molar-refractivity contribution in [2.24, 2.45) is 0 Å². The summed E-state index contributed by atoms with van der Waals surface area (Å²) in [7, 11) is 0. The first-order valence-corrected chi connectivity index (χ1v) is 13.8. The quantitative estimate of drug-likeness (QED) is 0.239. The lowest BCUT2D eigenvalue weighted by atomic mass is 9.95. The maximum atomic E-state index is 12.7. The first kappa shape index (κ1) is 27.0. The highest BCUT2D eigenvalue weighted by Crippen LogP contribution is 2.33. The van der Waals surface area contributed by atoms with Crippen molar-refractivity contribution in [1.29, 1.82) is 0 Å². The molecule has 1 heterocycles. The van der Waals surface area contributed by atoms with E-state index in [1.54, 1.807) is 31.2 Å². The van der Waals surface area contributed by atoms with E-state index in [-0.39, 0.29) is 30.3 Å². The van der Waals surface area contributed by atoms with E-state index in [0.717, 1.165) is 42.8 Å². The summed E-state index contributed by atoms with van der Waals surface area (Å²) < 4.78 is 13.2. The van der Waals surface area contributed by atoms with Crippen LogP contribution in [0.2, 0.25) is 5.02 Å². The third-order valence-electron chi connectivity index (χ3n) is 6.18. The van der Waals surface area contributed by atoms with E-state index in [1.807, 2.05) is 25.1 Å². The number of nitrogens with zero attached hydrogens (tertiary/aromatic N) is 3. The monoisotopic (exact) mass is 542 g/mol. The summed E-state index contributed by atoms with van der Waals surface area (Å²) in [5, 5.41) is 13.1. The highest BCUT2D eigenvalue weighted by atomic mass is 35.5. The lowest BCUT2D eigenvalue weighted by molar-refractivity contribution is -0.113. The summed E-state index contributed by atoms with van der Waals surface area (Å²) in [5.74, 6) is 1.10. The topological polar surface area (TPSA) is 95.3 Å². The van der Waals surface area contributed by atoms with Gasteiger partial charge in [-0.15, -0.1) is 10.2 Å². The largest absolute Gasteiger partial charge is 0.486 e. The SMILES string of the molecule is CCOC(=O)c1ccc(NC(=O)CSc2nnc(COc3ccc(Cl)c(C)c3)n2C2CCCCC2)cc1. The van der Waals surface area contributed by atoms with Crippen LogP contribution in [-0.4, -0.2) is 39.0 Å². The Morgan fingerprint density at radius 2 is 1.86 bits per heavy atom. The molecule has 0 atom stereocenters. The molecule has 1 amide bonds. The van der Waals surface area contributed by atoms with Gasteiger partial charge >= 0.3 is 5.97 Å². The zero-order chi connectivity index (χ0) is 26.2. The Balaban J connectivity index is 1.40. The highest BCUT2D eigenvalue weighted by molar-refractivity contribution is 7.99. The minimum absolute atomic E-state index is 0.165. The zero-order valence-electron chi connectivity index (χ0n) is 21.0. The molecule has 3 aromatic rings. The second-order valence-corrected chi connectivity index (χ2v) is 10.2. The molecule has 2 aromatic carbocycles. The van der Waals surface area contributed by atoms with Crippen LogP contribution in [0.25, 0.3) is 0 Å². The van der Waals surface area contributed by atoms with Crippen molar-refractivity contribution in [2.45, 2.75) is 63.8 Å². The van der Waals surface area contributed by atoms with Gasteiger partial charge in [-0.1, -0.05) is 42.6 Å². The molecule has 1 aliphatic carbocycles. The summed E-state index contributed by atoms with van der Waals surface area (Å²) in [4.78, 5) is 24.5. The second kappa shape index (κ2) is 13.0. The summed E-state index contributed by atoms with van der Waals surface area (Å²) >= 11 is 7.49. The molecule has 0 aliphatic heterocycles. The predicted octanol–water partition coefficient (Wildman–Crippen LogP) is 6.23. The molecule has 4 rings (SSSR count). The molecule has 8 nitrogen and oxygen atoms in total. The Hall–Kier alpha value is -3.04. The lowest BCUT2D eigenvalue weighted by Gasteiger charge is -2.25. The van der Waals surface area contributed by atoms with Crippen LogP contribution in [-0.2, 0) is 16.1 Å². The summed E-state index contributed by atoms with van der Waals surface area (Å²) in [6.07, 6.45) is 5.65. The highest BCUT2D eigenvalue weighted by Gasteiger charge is 2.24. The van der Waals surface area contributed by atoms with Gasteiger partial charge in [0.05, 0.1) is 17.9 Å². The number of benzene rings is 2. The number of rotatable bonds is 10. The Bertz CT molecular complexity index is 1230. The van der Waals surface area contributed by atoms with Crippen LogP contribution in [0.3, 0.4) is 0 Å². The first-order valence-electron chi connectivity index (χ1n) is 12.5. The number of aryl methyl sites for hydroxylation is 1. The molecule has 1 saturated carbocycles. The number of halogens is 1. The molecule has 0 saturated heterocycles. The standard InChI is InChI=1S/C27H31ClN4O4S/c1-3-35-26(34)19-9-11-20(12-10-19)29-25(33)17-37-27-31-30-24(32(27)21-7-5-4-6-8-21)16-36-22-13-14-23(28)18(2)15-22/h9-15,21H,3-8,16-17H2,1-2H3,(H,29,33). The fourth-order valence-corrected chi connectivity index (χ4v) is 5.24. The minimum atomic E-state index is -0.385. The number of nitrogens with one attached hydrogen (secondary N) is 1. The van der Waals surface area contributed by atoms with Gasteiger partial charge in [-0.05, 0) is 74.7 Å². The van der Waals surface area contributed by atoms with Crippen LogP contribution in [0.5, 0.6) is 5.75 Å². The minimum Gasteiger partial charge on any atom is -0.486 e. The van der Waals surface area contributed by atoms with Gasteiger partial charge < -0.3 is 14.8 Å². The Kier molecular flexibility index (Phi) is 9.46. The number of hydrogen-bond acceptors (Lipinski definition) is 7. The number of esters is 1. The molecule has 1 fully saturated rings. The number of carbonyl (C=O) groups is 2. The van der Waals surface area contributed by atoms with Crippen LogP contribution in [0.4, 0.5) is 5.69 Å². The fraction of sp³-hybridized carbons (Fsp3) is 0.407. The third kappa shape index (κ3) is 7.26. The van der Waals surface area contributed by atoms with Crippen molar-refractivity contribution in [2.75, 3.05) is 17.7 Å². The molecule has 0 spiro atoms. The Morgan fingerprint density at radius 1 is 1.11 bits per heavy atom. The van der Waals surface area contributed by atoms with Gasteiger partial charge in [-0.25, -0.2) is 4.79 Å². The van der Waals surface area contributed by atoms with Gasteiger partial charge in [-0.3, -0.25) is 9.36 Å². The Morgan fingerprint density at radius 3 is 2.57 bits per heavy atom. The van der Waals surface area contributed by atoms with E-state index in [4.69, 9.17) is 21.1 Å². The number of ether oxygens (including phenoxy) is 2. The summed E-state index contributed by atoms with van der Waals surface area (Å²) in [6.45, 7) is 4.29. The van der Waals surface area contributed by atoms with Crippen molar-refractivity contribution in [3.63, 3.8) is 0 Å². The number of hydrogen-bond donors (Lipinski definition) is 1. The molecular formula is C27H31ClN4O4S. The van der Waals surface area contributed by atoms with Crippen molar-refractivity contribution in [1.82, 2.24) is 14.8 Å². The molecule has 0 bridgehead atoms. The van der Waals surface area contributed by atoms with Gasteiger partial charge in [0.15, 0.2) is 11.0 Å². The maximum Gasteiger partial charge on any atom is 0.338 e. The van der Waals surface area contributed by atoms with Crippen molar-refractivity contribution in [3.8, 4) is 5.75 Å². The molecule has 37 heavy (non-hydrogen) atoms. The maximum absolute atomic E-state index is 12.7. The van der Waals surface area contributed by atoms with Crippen LogP contribution in [0, 0.1) is 6.92 Å². The smallest absolute Gasteiger partial charge is 0.338 e. The van der Waals surface area contributed by atoms with Crippen molar-refractivity contribution >= 4 is 40.9 Å². The van der Waals surface area contributed by atoms with E-state index in [2.05, 4.69) is 20.1 Å². The molecule has 0 radical (unpaired) electrons. The summed E-state index contributed by atoms with van der Waals surface area (Å²) in [6, 6.07) is 12.5. The molecule has 196 valence electrons. The molecule has 10 heteroatoms. The van der Waals surface area contributed by atoms with Crippen molar-refractivity contribution in [3.05, 3.63) is 64.4 Å². The third-order valence-corrected chi connectivity index (χ3v) is 7.55. The average molecular weight is 543 g/mol. The number of thioether (sulfide) groups is 1. The lowest BCUT2D eigenvalue weighted by Crippen LogP contribution is -2.19. The van der Waals surface area contributed by atoms with E-state index in [9.17, 15) is 9.59 Å². The number of anilines is 1. The van der Waals surface area contributed by atoms with Gasteiger partial charge in [0.25, 0.3) is 0 Å².